The number of piperazine rings is 1. The highest BCUT2D eigenvalue weighted by molar-refractivity contribution is 5.92. The first-order chi connectivity index (χ1) is 9.15. The number of nitrogens with zero attached hydrogens (tertiary/aromatic N) is 4. The topological polar surface area (TPSA) is 60.2 Å². The van der Waals surface area contributed by atoms with Gasteiger partial charge in [0.25, 0.3) is 5.91 Å². The third-order valence-corrected chi connectivity index (χ3v) is 3.57. The molecule has 1 aliphatic rings. The number of pyridine rings is 1. The van der Waals surface area contributed by atoms with Crippen LogP contribution in [-0.4, -0.2) is 52.9 Å². The number of nitriles is 1. The number of carbonyl (C=O) groups is 1. The smallest absolute Gasteiger partial charge is 0.272 e. The van der Waals surface area contributed by atoms with Crippen molar-refractivity contribution in [2.45, 2.75) is 19.9 Å². The molecule has 1 aliphatic heterocycles. The first-order valence-electron chi connectivity index (χ1n) is 6.55. The first-order valence-corrected chi connectivity index (χ1v) is 6.55. The van der Waals surface area contributed by atoms with E-state index in [9.17, 15) is 4.79 Å². The second kappa shape index (κ2) is 5.81. The van der Waals surface area contributed by atoms with Crippen molar-refractivity contribution in [1.29, 1.82) is 5.26 Å². The fraction of sp³-hybridized carbons (Fsp3) is 0.500. The molecular weight excluding hydrogens is 240 g/mol. The summed E-state index contributed by atoms with van der Waals surface area (Å²) in [7, 11) is 0. The third-order valence-electron chi connectivity index (χ3n) is 3.57. The molecule has 1 saturated heterocycles. The molecule has 5 nitrogen and oxygen atoms in total. The molecule has 5 heteroatoms. The van der Waals surface area contributed by atoms with Crippen molar-refractivity contribution in [3.63, 3.8) is 0 Å². The van der Waals surface area contributed by atoms with Crippen molar-refractivity contribution >= 4 is 5.91 Å². The first kappa shape index (κ1) is 13.5. The number of hydrogen-bond acceptors (Lipinski definition) is 4. The van der Waals surface area contributed by atoms with Gasteiger partial charge in [-0.05, 0) is 25.6 Å². The van der Waals surface area contributed by atoms with Crippen molar-refractivity contribution in [3.8, 4) is 6.07 Å². The maximum atomic E-state index is 12.3. The van der Waals surface area contributed by atoms with E-state index in [-0.39, 0.29) is 5.91 Å². The monoisotopic (exact) mass is 258 g/mol. The van der Waals surface area contributed by atoms with Gasteiger partial charge < -0.3 is 4.90 Å². The van der Waals surface area contributed by atoms with Crippen molar-refractivity contribution in [3.05, 3.63) is 29.6 Å². The average molecular weight is 258 g/mol. The van der Waals surface area contributed by atoms with Crippen LogP contribution < -0.4 is 0 Å². The molecule has 1 unspecified atom stereocenters. The third kappa shape index (κ3) is 2.91. The zero-order chi connectivity index (χ0) is 13.8. The Labute approximate surface area is 113 Å². The second-order valence-electron chi connectivity index (χ2n) is 4.77. The summed E-state index contributed by atoms with van der Waals surface area (Å²) in [6, 6.07) is 5.63. The molecule has 0 aromatic carbocycles. The van der Waals surface area contributed by atoms with E-state index in [0.717, 1.165) is 26.2 Å². The number of likely N-dealkylation sites (N-methyl/N-ethyl adjacent to an activating group) is 1. The predicted molar refractivity (Wildman–Crippen MR) is 71.6 cm³/mol. The van der Waals surface area contributed by atoms with Crippen LogP contribution in [0.15, 0.2) is 18.3 Å². The Bertz CT molecular complexity index is 491. The fourth-order valence-electron chi connectivity index (χ4n) is 2.40. The maximum absolute atomic E-state index is 12.3. The summed E-state index contributed by atoms with van der Waals surface area (Å²) >= 11 is 0. The minimum Gasteiger partial charge on any atom is -0.334 e. The summed E-state index contributed by atoms with van der Waals surface area (Å²) in [5.74, 6) is -0.0490. The molecule has 0 N–H and O–H groups in total. The molecule has 2 rings (SSSR count). The van der Waals surface area contributed by atoms with E-state index in [2.05, 4.69) is 23.7 Å². The van der Waals surface area contributed by atoms with Crippen molar-refractivity contribution < 1.29 is 4.79 Å². The SMILES string of the molecule is CCN1CCN(C(=O)c2ccc(C#N)cn2)CC1C. The summed E-state index contributed by atoms with van der Waals surface area (Å²) in [6.07, 6.45) is 1.44. The highest BCUT2D eigenvalue weighted by Crippen LogP contribution is 2.12. The molecular formula is C14H18N4O. The van der Waals surface area contributed by atoms with Gasteiger partial charge in [-0.3, -0.25) is 9.69 Å². The van der Waals surface area contributed by atoms with E-state index in [0.29, 0.717) is 17.3 Å². The molecule has 2 heterocycles. The van der Waals surface area contributed by atoms with Crippen LogP contribution in [0.25, 0.3) is 0 Å². The van der Waals surface area contributed by atoms with Crippen LogP contribution in [0.1, 0.15) is 29.9 Å². The highest BCUT2D eigenvalue weighted by atomic mass is 16.2. The van der Waals surface area contributed by atoms with E-state index in [4.69, 9.17) is 5.26 Å². The van der Waals surface area contributed by atoms with Crippen LogP contribution >= 0.6 is 0 Å². The number of rotatable bonds is 2. The van der Waals surface area contributed by atoms with Crippen LogP contribution in [0.4, 0.5) is 0 Å². The van der Waals surface area contributed by atoms with Gasteiger partial charge in [0.1, 0.15) is 11.8 Å². The van der Waals surface area contributed by atoms with E-state index in [1.54, 1.807) is 12.1 Å². The molecule has 1 aromatic heterocycles. The van der Waals surface area contributed by atoms with E-state index < -0.39 is 0 Å². The van der Waals surface area contributed by atoms with Gasteiger partial charge in [-0.15, -0.1) is 0 Å². The Hall–Kier alpha value is -1.93. The highest BCUT2D eigenvalue weighted by Gasteiger charge is 2.26. The summed E-state index contributed by atoms with van der Waals surface area (Å²) in [5.41, 5.74) is 0.886. The van der Waals surface area contributed by atoms with Crippen molar-refractivity contribution in [2.24, 2.45) is 0 Å². The lowest BCUT2D eigenvalue weighted by molar-refractivity contribution is 0.0523. The number of amides is 1. The van der Waals surface area contributed by atoms with Gasteiger partial charge in [0.2, 0.25) is 0 Å². The molecule has 0 bridgehead atoms. The Morgan fingerprint density at radius 1 is 1.53 bits per heavy atom. The maximum Gasteiger partial charge on any atom is 0.272 e. The quantitative estimate of drug-likeness (QED) is 0.797. The van der Waals surface area contributed by atoms with E-state index >= 15 is 0 Å². The van der Waals surface area contributed by atoms with Crippen molar-refractivity contribution in [2.75, 3.05) is 26.2 Å². The predicted octanol–water partition coefficient (Wildman–Crippen LogP) is 1.12. The van der Waals surface area contributed by atoms with Crippen molar-refractivity contribution in [1.82, 2.24) is 14.8 Å². The molecule has 0 radical (unpaired) electrons. The number of carbonyl (C=O) groups excluding carboxylic acids is 1. The lowest BCUT2D eigenvalue weighted by Gasteiger charge is -2.39. The Morgan fingerprint density at radius 2 is 2.32 bits per heavy atom. The van der Waals surface area contributed by atoms with Gasteiger partial charge in [0.15, 0.2) is 0 Å². The summed E-state index contributed by atoms with van der Waals surface area (Å²) < 4.78 is 0. The van der Waals surface area contributed by atoms with Gasteiger partial charge in [-0.1, -0.05) is 6.92 Å². The van der Waals surface area contributed by atoms with E-state index in [1.807, 2.05) is 11.0 Å². The van der Waals surface area contributed by atoms with Gasteiger partial charge in [0, 0.05) is 31.9 Å². The van der Waals surface area contributed by atoms with Crippen LogP contribution in [0.3, 0.4) is 0 Å². The molecule has 1 fully saturated rings. The summed E-state index contributed by atoms with van der Waals surface area (Å²) in [5, 5.41) is 8.72. The van der Waals surface area contributed by atoms with Crippen LogP contribution in [0.2, 0.25) is 0 Å². The van der Waals surface area contributed by atoms with Crippen LogP contribution in [0.5, 0.6) is 0 Å². The molecule has 1 aromatic rings. The zero-order valence-electron chi connectivity index (χ0n) is 11.3. The van der Waals surface area contributed by atoms with Crippen LogP contribution in [0, 0.1) is 11.3 Å². The Balaban J connectivity index is 2.06. The molecule has 1 amide bonds. The van der Waals surface area contributed by atoms with Crippen LogP contribution in [-0.2, 0) is 0 Å². The Morgan fingerprint density at radius 3 is 2.84 bits per heavy atom. The minimum absolute atomic E-state index is 0.0490. The van der Waals surface area contributed by atoms with Gasteiger partial charge >= 0.3 is 0 Å². The van der Waals surface area contributed by atoms with E-state index in [1.165, 1.54) is 6.20 Å². The molecule has 0 aliphatic carbocycles. The Kier molecular flexibility index (Phi) is 4.13. The average Bonchev–Trinajstić information content (AvgIpc) is 2.46. The minimum atomic E-state index is -0.0490. The molecule has 100 valence electrons. The van der Waals surface area contributed by atoms with Gasteiger partial charge in [-0.25, -0.2) is 4.98 Å². The van der Waals surface area contributed by atoms with Gasteiger partial charge in [-0.2, -0.15) is 5.26 Å². The summed E-state index contributed by atoms with van der Waals surface area (Å²) in [6.45, 7) is 7.65. The zero-order valence-corrected chi connectivity index (χ0v) is 11.3. The number of hydrogen-bond donors (Lipinski definition) is 0. The lowest BCUT2D eigenvalue weighted by Crippen LogP contribution is -2.53. The molecule has 1 atom stereocenters. The standard InChI is InChI=1S/C14H18N4O/c1-3-17-6-7-18(10-11(17)2)14(19)13-5-4-12(8-15)9-16-13/h4-5,9,11H,3,6-7,10H2,1-2H3. The number of aromatic nitrogens is 1. The molecule has 19 heavy (non-hydrogen) atoms. The lowest BCUT2D eigenvalue weighted by atomic mass is 10.1. The molecule has 0 spiro atoms. The normalized spacial score (nSPS) is 20.1. The summed E-state index contributed by atoms with van der Waals surface area (Å²) in [4.78, 5) is 20.6. The second-order valence-corrected chi connectivity index (χ2v) is 4.77. The van der Waals surface area contributed by atoms with Gasteiger partial charge in [0.05, 0.1) is 5.56 Å². The molecule has 0 saturated carbocycles. The fourth-order valence-corrected chi connectivity index (χ4v) is 2.40. The largest absolute Gasteiger partial charge is 0.334 e.